The Bertz CT molecular complexity index is 975. The zero-order valence-electron chi connectivity index (χ0n) is 15.0. The van der Waals surface area contributed by atoms with Crippen molar-refractivity contribution in [1.29, 1.82) is 0 Å². The lowest BCUT2D eigenvalue weighted by Gasteiger charge is -2.29. The van der Waals surface area contributed by atoms with Gasteiger partial charge in [0.05, 0.1) is 0 Å². The Kier molecular flexibility index (Phi) is 4.68. The van der Waals surface area contributed by atoms with E-state index in [0.29, 0.717) is 17.5 Å². The van der Waals surface area contributed by atoms with E-state index in [1.807, 2.05) is 12.1 Å². The number of rotatable bonds is 4. The maximum absolute atomic E-state index is 12.9. The van der Waals surface area contributed by atoms with Gasteiger partial charge in [-0.25, -0.2) is 4.39 Å². The normalized spacial score (nSPS) is 20.1. The molecule has 2 aromatic rings. The average molecular weight is 382 g/mol. The molecule has 28 heavy (non-hydrogen) atoms. The number of carbonyl (C=O) groups is 3. The second kappa shape index (κ2) is 7.16. The number of amides is 3. The fraction of sp³-hybridized carbons (Fsp3) is 0.286. The number of aliphatic hydroxyl groups excluding tert-OH is 1. The van der Waals surface area contributed by atoms with Crippen LogP contribution in [0.2, 0.25) is 0 Å². The van der Waals surface area contributed by atoms with Crippen LogP contribution in [0.15, 0.2) is 42.5 Å². The van der Waals surface area contributed by atoms with Gasteiger partial charge in [-0.2, -0.15) is 0 Å². The Balaban J connectivity index is 1.69. The number of nitrogens with one attached hydrogen (secondary N) is 1. The number of alkyl halides is 1. The van der Waals surface area contributed by atoms with Gasteiger partial charge in [0, 0.05) is 18.5 Å². The number of piperidine rings is 1. The van der Waals surface area contributed by atoms with Crippen LogP contribution in [0, 0.1) is 0 Å². The first-order valence-electron chi connectivity index (χ1n) is 9.10. The number of hydrogen-bond donors (Lipinski definition) is 2. The second-order valence-corrected chi connectivity index (χ2v) is 7.03. The van der Waals surface area contributed by atoms with Gasteiger partial charge in [-0.1, -0.05) is 30.3 Å². The number of fused-ring (bicyclic) bond motifs is 1. The molecule has 2 heterocycles. The standard InChI is InChI=1S/C21H19FN2O4/c22-10-18(25)13-4-1-3-12(9-13)14-5-2-6-15-16(14)11-24(21(15)28)17-7-8-19(26)23-20(17)27/h1-6,9,17-18,25H,7-8,10-11H2,(H,23,26,27)/t17?,18-/m1/s1. The maximum atomic E-state index is 12.9. The van der Waals surface area contributed by atoms with Crippen molar-refractivity contribution in [2.75, 3.05) is 6.67 Å². The molecule has 0 saturated carbocycles. The van der Waals surface area contributed by atoms with E-state index in [-0.39, 0.29) is 24.8 Å². The lowest BCUT2D eigenvalue weighted by Crippen LogP contribution is -2.52. The van der Waals surface area contributed by atoms with Crippen LogP contribution >= 0.6 is 0 Å². The number of hydrogen-bond acceptors (Lipinski definition) is 4. The van der Waals surface area contributed by atoms with Gasteiger partial charge in [-0.3, -0.25) is 19.7 Å². The summed E-state index contributed by atoms with van der Waals surface area (Å²) in [6, 6.07) is 11.6. The molecule has 1 unspecified atom stereocenters. The summed E-state index contributed by atoms with van der Waals surface area (Å²) in [4.78, 5) is 38.0. The third kappa shape index (κ3) is 3.07. The summed E-state index contributed by atoms with van der Waals surface area (Å²) in [7, 11) is 0. The summed E-state index contributed by atoms with van der Waals surface area (Å²) in [6.07, 6.45) is -0.692. The molecule has 2 atom stereocenters. The number of nitrogens with zero attached hydrogens (tertiary/aromatic N) is 1. The van der Waals surface area contributed by atoms with Gasteiger partial charge in [-0.15, -0.1) is 0 Å². The molecule has 144 valence electrons. The molecule has 2 aliphatic rings. The molecule has 7 heteroatoms. The minimum atomic E-state index is -1.20. The Labute approximate surface area is 161 Å². The van der Waals surface area contributed by atoms with Crippen LogP contribution in [0.5, 0.6) is 0 Å². The lowest BCUT2D eigenvalue weighted by atomic mass is 9.95. The van der Waals surface area contributed by atoms with Crippen LogP contribution < -0.4 is 5.32 Å². The minimum absolute atomic E-state index is 0.201. The van der Waals surface area contributed by atoms with Gasteiger partial charge in [0.1, 0.15) is 18.8 Å². The van der Waals surface area contributed by atoms with Gasteiger partial charge in [0.25, 0.3) is 5.91 Å². The SMILES string of the molecule is O=C1CCC(N2Cc3c(cccc3-c3cccc([C@H](O)CF)c3)C2=O)C(=O)N1. The Morgan fingerprint density at radius 2 is 1.89 bits per heavy atom. The topological polar surface area (TPSA) is 86.7 Å². The van der Waals surface area contributed by atoms with Crippen molar-refractivity contribution < 1.29 is 23.9 Å². The first-order valence-corrected chi connectivity index (χ1v) is 9.10. The Morgan fingerprint density at radius 1 is 1.14 bits per heavy atom. The predicted molar refractivity (Wildman–Crippen MR) is 98.9 cm³/mol. The van der Waals surface area contributed by atoms with Gasteiger partial charge in [-0.05, 0) is 40.8 Å². The van der Waals surface area contributed by atoms with E-state index >= 15 is 0 Å². The molecule has 1 saturated heterocycles. The molecule has 4 rings (SSSR count). The number of benzene rings is 2. The van der Waals surface area contributed by atoms with Gasteiger partial charge < -0.3 is 10.0 Å². The van der Waals surface area contributed by atoms with Crippen LogP contribution in [0.1, 0.15) is 40.4 Å². The van der Waals surface area contributed by atoms with Crippen molar-refractivity contribution in [3.63, 3.8) is 0 Å². The second-order valence-electron chi connectivity index (χ2n) is 7.03. The van der Waals surface area contributed by atoms with E-state index in [9.17, 15) is 23.9 Å². The van der Waals surface area contributed by atoms with Crippen molar-refractivity contribution in [2.24, 2.45) is 0 Å². The molecule has 3 amide bonds. The highest BCUT2D eigenvalue weighted by molar-refractivity contribution is 6.06. The fourth-order valence-electron chi connectivity index (χ4n) is 3.86. The van der Waals surface area contributed by atoms with Crippen molar-refractivity contribution in [3.05, 3.63) is 59.2 Å². The van der Waals surface area contributed by atoms with Crippen LogP contribution in [0.4, 0.5) is 4.39 Å². The molecule has 6 nitrogen and oxygen atoms in total. The minimum Gasteiger partial charge on any atom is -0.386 e. The molecule has 0 aliphatic carbocycles. The third-order valence-corrected chi connectivity index (χ3v) is 5.31. The van der Waals surface area contributed by atoms with E-state index in [0.717, 1.165) is 16.7 Å². The Morgan fingerprint density at radius 3 is 2.64 bits per heavy atom. The number of aliphatic hydroxyl groups is 1. The van der Waals surface area contributed by atoms with Gasteiger partial charge in [0.15, 0.2) is 0 Å². The first-order chi connectivity index (χ1) is 13.5. The average Bonchev–Trinajstić information content (AvgIpc) is 3.04. The van der Waals surface area contributed by atoms with Crippen molar-refractivity contribution >= 4 is 17.7 Å². The predicted octanol–water partition coefficient (Wildman–Crippen LogP) is 2.12. The molecule has 0 bridgehead atoms. The first kappa shape index (κ1) is 18.3. The number of imide groups is 1. The highest BCUT2D eigenvalue weighted by Gasteiger charge is 2.39. The molecule has 2 aliphatic heterocycles. The van der Waals surface area contributed by atoms with Crippen molar-refractivity contribution in [3.8, 4) is 11.1 Å². The third-order valence-electron chi connectivity index (χ3n) is 5.31. The molecular weight excluding hydrogens is 363 g/mol. The summed E-state index contributed by atoms with van der Waals surface area (Å²) in [5.74, 6) is -1.02. The smallest absolute Gasteiger partial charge is 0.255 e. The zero-order valence-corrected chi connectivity index (χ0v) is 15.0. The number of carbonyl (C=O) groups excluding carboxylic acids is 3. The largest absolute Gasteiger partial charge is 0.386 e. The van der Waals surface area contributed by atoms with Crippen LogP contribution in [-0.4, -0.2) is 40.4 Å². The van der Waals surface area contributed by atoms with Crippen LogP contribution in [0.25, 0.3) is 11.1 Å². The van der Waals surface area contributed by atoms with E-state index in [4.69, 9.17) is 0 Å². The maximum Gasteiger partial charge on any atom is 0.255 e. The summed E-state index contributed by atoms with van der Waals surface area (Å²) < 4.78 is 12.8. The summed E-state index contributed by atoms with van der Waals surface area (Å²) >= 11 is 0. The zero-order chi connectivity index (χ0) is 19.8. The van der Waals surface area contributed by atoms with E-state index in [1.165, 1.54) is 4.90 Å². The van der Waals surface area contributed by atoms with Crippen LogP contribution in [0.3, 0.4) is 0 Å². The number of halogens is 1. The summed E-state index contributed by atoms with van der Waals surface area (Å²) in [5.41, 5.74) is 3.32. The molecule has 0 spiro atoms. The molecule has 1 fully saturated rings. The molecule has 2 aromatic carbocycles. The molecule has 2 N–H and O–H groups in total. The highest BCUT2D eigenvalue weighted by atomic mass is 19.1. The highest BCUT2D eigenvalue weighted by Crippen LogP contribution is 2.35. The van der Waals surface area contributed by atoms with E-state index in [1.54, 1.807) is 30.3 Å². The van der Waals surface area contributed by atoms with Gasteiger partial charge in [0.2, 0.25) is 11.8 Å². The Hall–Kier alpha value is -3.06. The quantitative estimate of drug-likeness (QED) is 0.793. The lowest BCUT2D eigenvalue weighted by molar-refractivity contribution is -0.136. The van der Waals surface area contributed by atoms with E-state index < -0.39 is 24.7 Å². The molecule has 0 radical (unpaired) electrons. The van der Waals surface area contributed by atoms with Crippen LogP contribution in [-0.2, 0) is 16.1 Å². The van der Waals surface area contributed by atoms with E-state index in [2.05, 4.69) is 5.32 Å². The summed E-state index contributed by atoms with van der Waals surface area (Å²) in [6.45, 7) is -0.620. The molecular formula is C21H19FN2O4. The summed E-state index contributed by atoms with van der Waals surface area (Å²) in [5, 5.41) is 12.1. The van der Waals surface area contributed by atoms with Crippen molar-refractivity contribution in [1.82, 2.24) is 10.2 Å². The molecule has 0 aromatic heterocycles. The fourth-order valence-corrected chi connectivity index (χ4v) is 3.86. The monoisotopic (exact) mass is 382 g/mol. The van der Waals surface area contributed by atoms with Gasteiger partial charge >= 0.3 is 0 Å². The van der Waals surface area contributed by atoms with Crippen molar-refractivity contribution in [2.45, 2.75) is 31.5 Å².